The van der Waals surface area contributed by atoms with Crippen molar-refractivity contribution in [2.75, 3.05) is 20.3 Å². The zero-order valence-electron chi connectivity index (χ0n) is 11.0. The molecule has 1 fully saturated rings. The Morgan fingerprint density at radius 3 is 2.84 bits per heavy atom. The molecule has 3 nitrogen and oxygen atoms in total. The van der Waals surface area contributed by atoms with Gasteiger partial charge < -0.3 is 14.2 Å². The minimum atomic E-state index is 0.150. The summed E-state index contributed by atoms with van der Waals surface area (Å²) in [5.74, 6) is 1.60. The van der Waals surface area contributed by atoms with Gasteiger partial charge in [0.1, 0.15) is 6.61 Å². The minimum absolute atomic E-state index is 0.150. The Labute approximate surface area is 123 Å². The standard InChI is InChI=1S/C14H18Cl2O3/c1-17-13-7-11(16)6-10(8-15)14(13)19-9-12-4-2-3-5-18-12/h6-7,12H,2-5,8-9H2,1H3. The molecule has 1 aromatic rings. The molecule has 2 rings (SSSR count). The van der Waals surface area contributed by atoms with Crippen LogP contribution in [0.15, 0.2) is 12.1 Å². The Kier molecular flexibility index (Phi) is 5.61. The van der Waals surface area contributed by atoms with Gasteiger partial charge in [-0.3, -0.25) is 0 Å². The van der Waals surface area contributed by atoms with E-state index in [-0.39, 0.29) is 6.10 Å². The van der Waals surface area contributed by atoms with Gasteiger partial charge in [-0.05, 0) is 25.3 Å². The lowest BCUT2D eigenvalue weighted by atomic mass is 10.1. The fraction of sp³-hybridized carbons (Fsp3) is 0.571. The van der Waals surface area contributed by atoms with E-state index in [0.717, 1.165) is 25.0 Å². The van der Waals surface area contributed by atoms with Crippen LogP contribution in [0.4, 0.5) is 0 Å². The number of rotatable bonds is 5. The maximum atomic E-state index is 6.01. The highest BCUT2D eigenvalue weighted by Crippen LogP contribution is 2.36. The van der Waals surface area contributed by atoms with Crippen molar-refractivity contribution in [2.45, 2.75) is 31.2 Å². The monoisotopic (exact) mass is 304 g/mol. The van der Waals surface area contributed by atoms with Crippen LogP contribution in [0.25, 0.3) is 0 Å². The molecule has 0 aliphatic carbocycles. The number of benzene rings is 1. The summed E-state index contributed by atoms with van der Waals surface area (Å²) in [6.45, 7) is 1.33. The summed E-state index contributed by atoms with van der Waals surface area (Å²) in [5.41, 5.74) is 0.835. The zero-order valence-corrected chi connectivity index (χ0v) is 12.5. The van der Waals surface area contributed by atoms with E-state index >= 15 is 0 Å². The van der Waals surface area contributed by atoms with Crippen LogP contribution < -0.4 is 9.47 Å². The first-order valence-electron chi connectivity index (χ1n) is 6.41. The molecule has 0 spiro atoms. The van der Waals surface area contributed by atoms with Gasteiger partial charge >= 0.3 is 0 Å². The Hall–Kier alpha value is -0.640. The molecule has 5 heteroatoms. The molecule has 1 saturated heterocycles. The summed E-state index contributed by atoms with van der Waals surface area (Å²) in [5, 5.41) is 0.591. The van der Waals surface area contributed by atoms with Crippen molar-refractivity contribution in [3.05, 3.63) is 22.7 Å². The molecule has 0 radical (unpaired) electrons. The average molecular weight is 305 g/mol. The van der Waals surface area contributed by atoms with Crippen molar-refractivity contribution in [3.8, 4) is 11.5 Å². The fourth-order valence-corrected chi connectivity index (χ4v) is 2.58. The summed E-state index contributed by atoms with van der Waals surface area (Å²) in [4.78, 5) is 0. The molecule has 0 saturated carbocycles. The molecule has 1 unspecified atom stereocenters. The van der Waals surface area contributed by atoms with Crippen LogP contribution in [0.1, 0.15) is 24.8 Å². The molecule has 0 N–H and O–H groups in total. The normalized spacial score (nSPS) is 19.2. The van der Waals surface area contributed by atoms with Crippen molar-refractivity contribution in [1.82, 2.24) is 0 Å². The third-order valence-corrected chi connectivity index (χ3v) is 3.65. The first kappa shape index (κ1) is 14.8. The molecule has 1 atom stereocenters. The van der Waals surface area contributed by atoms with Gasteiger partial charge in [-0.1, -0.05) is 11.6 Å². The topological polar surface area (TPSA) is 27.7 Å². The van der Waals surface area contributed by atoms with E-state index in [1.807, 2.05) is 0 Å². The number of hydrogen-bond donors (Lipinski definition) is 0. The maximum Gasteiger partial charge on any atom is 0.165 e. The summed E-state index contributed by atoms with van der Waals surface area (Å²) < 4.78 is 16.8. The first-order valence-corrected chi connectivity index (χ1v) is 7.32. The molecule has 1 aliphatic heterocycles. The Balaban J connectivity index is 2.09. The third-order valence-electron chi connectivity index (χ3n) is 3.15. The molecule has 0 aromatic heterocycles. The number of alkyl halides is 1. The second-order valence-corrected chi connectivity index (χ2v) is 5.23. The lowest BCUT2D eigenvalue weighted by molar-refractivity contribution is -0.0116. The van der Waals surface area contributed by atoms with Crippen LogP contribution in [0.2, 0.25) is 5.02 Å². The number of methoxy groups -OCH3 is 1. The third kappa shape index (κ3) is 3.91. The molecule has 1 aliphatic rings. The van der Waals surface area contributed by atoms with Crippen LogP contribution in [0, 0.1) is 0 Å². The smallest absolute Gasteiger partial charge is 0.165 e. The van der Waals surface area contributed by atoms with E-state index < -0.39 is 0 Å². The van der Waals surface area contributed by atoms with Crippen molar-refractivity contribution >= 4 is 23.2 Å². The number of halogens is 2. The molecule has 1 heterocycles. The number of ether oxygens (including phenoxy) is 3. The lowest BCUT2D eigenvalue weighted by Crippen LogP contribution is -2.26. The summed E-state index contributed by atoms with van der Waals surface area (Å²) >= 11 is 11.9. The highest BCUT2D eigenvalue weighted by atomic mass is 35.5. The van der Waals surface area contributed by atoms with Crippen LogP contribution in [-0.4, -0.2) is 26.4 Å². The van der Waals surface area contributed by atoms with Gasteiger partial charge in [0, 0.05) is 23.3 Å². The van der Waals surface area contributed by atoms with Gasteiger partial charge in [-0.15, -0.1) is 11.6 Å². The van der Waals surface area contributed by atoms with Crippen molar-refractivity contribution in [2.24, 2.45) is 0 Å². The van der Waals surface area contributed by atoms with Gasteiger partial charge in [-0.2, -0.15) is 0 Å². The zero-order chi connectivity index (χ0) is 13.7. The Morgan fingerprint density at radius 2 is 2.21 bits per heavy atom. The van der Waals surface area contributed by atoms with E-state index in [2.05, 4.69) is 0 Å². The molecular formula is C14H18Cl2O3. The first-order chi connectivity index (χ1) is 9.24. The van der Waals surface area contributed by atoms with E-state index in [0.29, 0.717) is 29.0 Å². The van der Waals surface area contributed by atoms with Crippen LogP contribution >= 0.6 is 23.2 Å². The minimum Gasteiger partial charge on any atom is -0.493 e. The predicted octanol–water partition coefficient (Wildman–Crippen LogP) is 4.04. The molecule has 1 aromatic carbocycles. The fourth-order valence-electron chi connectivity index (χ4n) is 2.15. The summed E-state index contributed by atoms with van der Waals surface area (Å²) in [6.07, 6.45) is 3.51. The second kappa shape index (κ2) is 7.22. The Bertz CT molecular complexity index is 392. The molecule has 0 bridgehead atoms. The quantitative estimate of drug-likeness (QED) is 0.769. The average Bonchev–Trinajstić information content (AvgIpc) is 2.46. The molecule has 106 valence electrons. The highest BCUT2D eigenvalue weighted by Gasteiger charge is 2.18. The lowest BCUT2D eigenvalue weighted by Gasteiger charge is -2.23. The molecule has 19 heavy (non-hydrogen) atoms. The van der Waals surface area contributed by atoms with E-state index in [1.54, 1.807) is 19.2 Å². The van der Waals surface area contributed by atoms with Crippen molar-refractivity contribution in [1.29, 1.82) is 0 Å². The van der Waals surface area contributed by atoms with Crippen LogP contribution in [0.3, 0.4) is 0 Å². The largest absolute Gasteiger partial charge is 0.493 e. The maximum absolute atomic E-state index is 6.01. The van der Waals surface area contributed by atoms with Gasteiger partial charge in [0.25, 0.3) is 0 Å². The van der Waals surface area contributed by atoms with Crippen molar-refractivity contribution in [3.63, 3.8) is 0 Å². The highest BCUT2D eigenvalue weighted by molar-refractivity contribution is 6.31. The molecular weight excluding hydrogens is 287 g/mol. The predicted molar refractivity (Wildman–Crippen MR) is 76.6 cm³/mol. The van der Waals surface area contributed by atoms with Gasteiger partial charge in [0.2, 0.25) is 0 Å². The SMILES string of the molecule is COc1cc(Cl)cc(CCl)c1OCC1CCCCO1. The van der Waals surface area contributed by atoms with E-state index in [9.17, 15) is 0 Å². The van der Waals surface area contributed by atoms with E-state index in [1.165, 1.54) is 6.42 Å². The van der Waals surface area contributed by atoms with Crippen LogP contribution in [-0.2, 0) is 10.6 Å². The van der Waals surface area contributed by atoms with Gasteiger partial charge in [0.05, 0.1) is 19.1 Å². The van der Waals surface area contributed by atoms with E-state index in [4.69, 9.17) is 37.4 Å². The summed E-state index contributed by atoms with van der Waals surface area (Å²) in [6, 6.07) is 3.53. The molecule has 0 amide bonds. The second-order valence-electron chi connectivity index (χ2n) is 4.53. The number of hydrogen-bond acceptors (Lipinski definition) is 3. The summed E-state index contributed by atoms with van der Waals surface area (Å²) in [7, 11) is 1.59. The van der Waals surface area contributed by atoms with Gasteiger partial charge in [0.15, 0.2) is 11.5 Å². The van der Waals surface area contributed by atoms with Crippen LogP contribution in [0.5, 0.6) is 11.5 Å². The van der Waals surface area contributed by atoms with Crippen molar-refractivity contribution < 1.29 is 14.2 Å². The Morgan fingerprint density at radius 1 is 1.37 bits per heavy atom. The van der Waals surface area contributed by atoms with Gasteiger partial charge in [-0.25, -0.2) is 0 Å².